The quantitative estimate of drug-likeness (QED) is 0.590. The zero-order valence-electron chi connectivity index (χ0n) is 6.03. The molecule has 0 aromatic carbocycles. The molecule has 3 nitrogen and oxygen atoms in total. The molecule has 2 rings (SSSR count). The van der Waals surface area contributed by atoms with E-state index in [2.05, 4.69) is 28.7 Å². The summed E-state index contributed by atoms with van der Waals surface area (Å²) >= 11 is 3.99. The van der Waals surface area contributed by atoms with Crippen LogP contribution in [0.3, 0.4) is 0 Å². The molecule has 0 atom stereocenters. The number of H-pyrrole nitrogens is 1. The molecule has 12 heavy (non-hydrogen) atoms. The van der Waals surface area contributed by atoms with Crippen LogP contribution in [0, 0.1) is 6.07 Å². The molecule has 0 bridgehead atoms. The molecule has 0 amide bonds. The Bertz CT molecular complexity index is 478. The third-order valence-electron chi connectivity index (χ3n) is 1.51. The highest BCUT2D eigenvalue weighted by molar-refractivity contribution is 7.80. The van der Waals surface area contributed by atoms with E-state index in [4.69, 9.17) is 0 Å². The van der Waals surface area contributed by atoms with Gasteiger partial charge in [-0.2, -0.15) is 0 Å². The SMILES string of the molecule is O=c1[c]c(S)[nH]c2cccnc12. The second-order valence-electron chi connectivity index (χ2n) is 2.33. The normalized spacial score (nSPS) is 10.4. The van der Waals surface area contributed by atoms with Gasteiger partial charge in [0.2, 0.25) is 5.43 Å². The number of nitrogens with zero attached hydrogens (tertiary/aromatic N) is 1. The molecule has 0 fully saturated rings. The number of hydrogen-bond donors (Lipinski definition) is 2. The first-order valence-corrected chi connectivity index (χ1v) is 3.81. The molecule has 4 heteroatoms. The summed E-state index contributed by atoms with van der Waals surface area (Å²) in [6.07, 6.45) is 1.57. The van der Waals surface area contributed by atoms with Gasteiger partial charge >= 0.3 is 0 Å². The van der Waals surface area contributed by atoms with Crippen molar-refractivity contribution in [3.8, 4) is 0 Å². The second-order valence-corrected chi connectivity index (χ2v) is 2.77. The minimum Gasteiger partial charge on any atom is -0.348 e. The molecule has 1 N–H and O–H groups in total. The van der Waals surface area contributed by atoms with E-state index in [1.54, 1.807) is 18.3 Å². The van der Waals surface area contributed by atoms with Gasteiger partial charge in [0.1, 0.15) is 5.52 Å². The van der Waals surface area contributed by atoms with Crippen molar-refractivity contribution in [1.29, 1.82) is 0 Å². The predicted molar refractivity (Wildman–Crippen MR) is 48.5 cm³/mol. The molecule has 0 saturated heterocycles. The van der Waals surface area contributed by atoms with Gasteiger partial charge in [0.05, 0.1) is 16.6 Å². The fourth-order valence-corrected chi connectivity index (χ4v) is 1.23. The van der Waals surface area contributed by atoms with E-state index in [0.29, 0.717) is 16.1 Å². The Morgan fingerprint density at radius 3 is 3.25 bits per heavy atom. The largest absolute Gasteiger partial charge is 0.348 e. The fraction of sp³-hybridized carbons (Fsp3) is 0. The summed E-state index contributed by atoms with van der Waals surface area (Å²) in [6.45, 7) is 0. The topological polar surface area (TPSA) is 45.8 Å². The molecule has 1 radical (unpaired) electrons. The maximum absolute atomic E-state index is 11.2. The van der Waals surface area contributed by atoms with Crippen LogP contribution in [-0.4, -0.2) is 9.97 Å². The first-order chi connectivity index (χ1) is 5.77. The van der Waals surface area contributed by atoms with Gasteiger partial charge in [0, 0.05) is 6.20 Å². The molecular formula is C8H5N2OS. The zero-order chi connectivity index (χ0) is 8.55. The van der Waals surface area contributed by atoms with Crippen LogP contribution in [0.4, 0.5) is 0 Å². The van der Waals surface area contributed by atoms with Crippen LogP contribution in [0.15, 0.2) is 28.2 Å². The lowest BCUT2D eigenvalue weighted by Gasteiger charge is -1.95. The molecule has 2 aromatic heterocycles. The third kappa shape index (κ3) is 1.10. The van der Waals surface area contributed by atoms with Gasteiger partial charge in [-0.25, -0.2) is 0 Å². The lowest BCUT2D eigenvalue weighted by Crippen LogP contribution is -2.03. The summed E-state index contributed by atoms with van der Waals surface area (Å²) in [7, 11) is 0. The van der Waals surface area contributed by atoms with Crippen molar-refractivity contribution < 1.29 is 0 Å². The van der Waals surface area contributed by atoms with E-state index in [0.717, 1.165) is 0 Å². The number of thiol groups is 1. The summed E-state index contributed by atoms with van der Waals surface area (Å²) in [6, 6.07) is 6.03. The van der Waals surface area contributed by atoms with Crippen molar-refractivity contribution in [1.82, 2.24) is 9.97 Å². The maximum Gasteiger partial charge on any atom is 0.216 e. The van der Waals surface area contributed by atoms with Crippen molar-refractivity contribution in [2.75, 3.05) is 0 Å². The average molecular weight is 177 g/mol. The minimum atomic E-state index is -0.227. The smallest absolute Gasteiger partial charge is 0.216 e. The first-order valence-electron chi connectivity index (χ1n) is 3.36. The van der Waals surface area contributed by atoms with Gasteiger partial charge in [-0.3, -0.25) is 9.78 Å². The summed E-state index contributed by atoms with van der Waals surface area (Å²) < 4.78 is 0. The summed E-state index contributed by atoms with van der Waals surface area (Å²) in [5.41, 5.74) is 0.857. The third-order valence-corrected chi connectivity index (χ3v) is 1.73. The Hall–Kier alpha value is -1.29. The highest BCUT2D eigenvalue weighted by Crippen LogP contribution is 2.05. The molecule has 2 heterocycles. The van der Waals surface area contributed by atoms with Gasteiger partial charge < -0.3 is 4.98 Å². The molecule has 0 saturated carbocycles. The lowest BCUT2D eigenvalue weighted by molar-refractivity contribution is 1.16. The molecule has 0 aliphatic rings. The van der Waals surface area contributed by atoms with E-state index >= 15 is 0 Å². The summed E-state index contributed by atoms with van der Waals surface area (Å²) in [4.78, 5) is 18.0. The van der Waals surface area contributed by atoms with Crippen molar-refractivity contribution in [2.45, 2.75) is 5.03 Å². The highest BCUT2D eigenvalue weighted by atomic mass is 32.1. The number of nitrogens with one attached hydrogen (secondary N) is 1. The fourth-order valence-electron chi connectivity index (χ4n) is 1.01. The maximum atomic E-state index is 11.2. The monoisotopic (exact) mass is 177 g/mol. The van der Waals surface area contributed by atoms with E-state index in [1.807, 2.05) is 0 Å². The van der Waals surface area contributed by atoms with Crippen LogP contribution >= 0.6 is 12.6 Å². The number of pyridine rings is 2. The van der Waals surface area contributed by atoms with E-state index in [1.165, 1.54) is 0 Å². The summed E-state index contributed by atoms with van der Waals surface area (Å²) in [5.74, 6) is 0. The molecule has 0 aliphatic heterocycles. The molecule has 0 aliphatic carbocycles. The zero-order valence-corrected chi connectivity index (χ0v) is 6.93. The minimum absolute atomic E-state index is 0.227. The van der Waals surface area contributed by atoms with E-state index < -0.39 is 0 Å². The summed E-state index contributed by atoms with van der Waals surface area (Å²) in [5, 5.41) is 0.431. The van der Waals surface area contributed by atoms with Gasteiger partial charge in [-0.1, -0.05) is 0 Å². The highest BCUT2D eigenvalue weighted by Gasteiger charge is 1.99. The number of hydrogen-bond acceptors (Lipinski definition) is 3. The average Bonchev–Trinajstić information content (AvgIpc) is 2.04. The number of rotatable bonds is 0. The Kier molecular flexibility index (Phi) is 1.62. The molecule has 0 spiro atoms. The molecular weight excluding hydrogens is 172 g/mol. The van der Waals surface area contributed by atoms with Crippen LogP contribution in [0.25, 0.3) is 11.0 Å². The first kappa shape index (κ1) is 7.36. The Morgan fingerprint density at radius 2 is 2.42 bits per heavy atom. The number of aromatic amines is 1. The number of fused-ring (bicyclic) bond motifs is 1. The van der Waals surface area contributed by atoms with Gasteiger partial charge in [0.15, 0.2) is 0 Å². The lowest BCUT2D eigenvalue weighted by atomic mass is 10.3. The van der Waals surface area contributed by atoms with Crippen LogP contribution in [0.1, 0.15) is 0 Å². The molecule has 0 unspecified atom stereocenters. The Morgan fingerprint density at radius 1 is 1.58 bits per heavy atom. The molecule has 2 aromatic rings. The van der Waals surface area contributed by atoms with Gasteiger partial charge in [0.25, 0.3) is 0 Å². The molecule has 59 valence electrons. The van der Waals surface area contributed by atoms with Crippen molar-refractivity contribution in [3.63, 3.8) is 0 Å². The second kappa shape index (κ2) is 2.64. The Balaban J connectivity index is 2.99. The standard InChI is InChI=1S/C8H5N2OS/c11-6-4-7(12)10-5-2-1-3-9-8(5)6/h1-3H,(H2,10,11,12). The van der Waals surface area contributed by atoms with Crippen molar-refractivity contribution >= 4 is 23.7 Å². The van der Waals surface area contributed by atoms with Gasteiger partial charge in [-0.15, -0.1) is 12.6 Å². The van der Waals surface area contributed by atoms with E-state index in [-0.39, 0.29) is 5.43 Å². The number of aromatic nitrogens is 2. The van der Waals surface area contributed by atoms with Crippen molar-refractivity contribution in [2.24, 2.45) is 0 Å². The van der Waals surface area contributed by atoms with Crippen LogP contribution in [-0.2, 0) is 0 Å². The van der Waals surface area contributed by atoms with Crippen LogP contribution < -0.4 is 5.43 Å². The van der Waals surface area contributed by atoms with E-state index in [9.17, 15) is 4.79 Å². The van der Waals surface area contributed by atoms with Crippen molar-refractivity contribution in [3.05, 3.63) is 34.6 Å². The predicted octanol–water partition coefficient (Wildman–Crippen LogP) is 1.01. The van der Waals surface area contributed by atoms with Gasteiger partial charge in [-0.05, 0) is 12.1 Å². The Labute approximate surface area is 73.9 Å². The van der Waals surface area contributed by atoms with Crippen LogP contribution in [0.2, 0.25) is 0 Å². The van der Waals surface area contributed by atoms with Crippen LogP contribution in [0.5, 0.6) is 0 Å².